The Bertz CT molecular complexity index is 1070. The molecule has 0 bridgehead atoms. The molecule has 1 unspecified atom stereocenters. The normalized spacial score (nSPS) is 15.5. The number of hydrogen-bond acceptors (Lipinski definition) is 6. The van der Waals surface area contributed by atoms with E-state index >= 15 is 0 Å². The molecule has 2 aromatic heterocycles. The number of aryl methyl sites for hydroxylation is 2. The lowest BCUT2D eigenvalue weighted by Gasteiger charge is -2.24. The van der Waals surface area contributed by atoms with Gasteiger partial charge in [0, 0.05) is 36.6 Å². The molecule has 9 nitrogen and oxygen atoms in total. The van der Waals surface area contributed by atoms with Crippen molar-refractivity contribution in [3.63, 3.8) is 0 Å². The van der Waals surface area contributed by atoms with Crippen LogP contribution in [-0.4, -0.2) is 42.1 Å². The van der Waals surface area contributed by atoms with Crippen LogP contribution in [0.3, 0.4) is 0 Å². The Balaban J connectivity index is 1.37. The summed E-state index contributed by atoms with van der Waals surface area (Å²) in [6.07, 6.45) is 6.30. The van der Waals surface area contributed by atoms with Crippen LogP contribution in [0.2, 0.25) is 0 Å². The van der Waals surface area contributed by atoms with Gasteiger partial charge < -0.3 is 15.2 Å². The molecule has 1 aliphatic rings. The zero-order valence-corrected chi connectivity index (χ0v) is 17.6. The minimum atomic E-state index is -0.173. The molecule has 0 aliphatic heterocycles. The van der Waals surface area contributed by atoms with Gasteiger partial charge in [-0.15, -0.1) is 10.2 Å². The van der Waals surface area contributed by atoms with Crippen molar-refractivity contribution in [3.8, 4) is 0 Å². The number of rotatable bonds is 6. The van der Waals surface area contributed by atoms with Crippen LogP contribution in [0.1, 0.15) is 40.5 Å². The van der Waals surface area contributed by atoms with E-state index in [1.807, 2.05) is 25.0 Å². The Morgan fingerprint density at radius 1 is 1.30 bits per heavy atom. The lowest BCUT2D eigenvalue weighted by Crippen LogP contribution is -2.31. The van der Waals surface area contributed by atoms with E-state index < -0.39 is 0 Å². The van der Waals surface area contributed by atoms with Crippen molar-refractivity contribution in [3.05, 3.63) is 53.6 Å². The minimum Gasteiger partial charge on any atom is -0.345 e. The van der Waals surface area contributed by atoms with Crippen molar-refractivity contribution in [2.24, 2.45) is 14.1 Å². The predicted octanol–water partition coefficient (Wildman–Crippen LogP) is 2.09. The number of fused-ring (bicyclic) bond motifs is 1. The number of anilines is 1. The largest absolute Gasteiger partial charge is 0.345 e. The molecule has 0 radical (unpaired) electrons. The molecule has 2 amide bonds. The number of hydrogen-bond donors (Lipinski definition) is 2. The quantitative estimate of drug-likeness (QED) is 0.586. The number of thioether (sulfide) groups is 1. The molecule has 0 fully saturated rings. The van der Waals surface area contributed by atoms with Gasteiger partial charge in [-0.1, -0.05) is 17.8 Å². The first-order chi connectivity index (χ1) is 14.5. The Kier molecular flexibility index (Phi) is 5.84. The summed E-state index contributed by atoms with van der Waals surface area (Å²) in [7, 11) is 3.75. The summed E-state index contributed by atoms with van der Waals surface area (Å²) < 4.78 is 3.63. The van der Waals surface area contributed by atoms with Gasteiger partial charge >= 0.3 is 0 Å². The molecule has 10 heteroatoms. The fourth-order valence-electron chi connectivity index (χ4n) is 3.57. The number of amides is 2. The van der Waals surface area contributed by atoms with Crippen molar-refractivity contribution in [1.82, 2.24) is 29.9 Å². The summed E-state index contributed by atoms with van der Waals surface area (Å²) in [5.74, 6) is -0.136. The van der Waals surface area contributed by atoms with Gasteiger partial charge in [-0.3, -0.25) is 14.3 Å². The highest BCUT2D eigenvalue weighted by Crippen LogP contribution is 2.29. The van der Waals surface area contributed by atoms with Gasteiger partial charge in [0.15, 0.2) is 5.16 Å². The van der Waals surface area contributed by atoms with Crippen molar-refractivity contribution in [2.75, 3.05) is 11.1 Å². The second-order valence-corrected chi connectivity index (χ2v) is 8.17. The van der Waals surface area contributed by atoms with Crippen LogP contribution >= 0.6 is 11.8 Å². The second kappa shape index (κ2) is 8.70. The number of carbonyl (C=O) groups is 2. The third-order valence-corrected chi connectivity index (χ3v) is 6.13. The van der Waals surface area contributed by atoms with Gasteiger partial charge in [-0.2, -0.15) is 5.10 Å². The second-order valence-electron chi connectivity index (χ2n) is 7.23. The Morgan fingerprint density at radius 2 is 2.17 bits per heavy atom. The molecule has 1 aliphatic carbocycles. The molecule has 1 aromatic carbocycles. The SMILES string of the molecule is Cn1cnnc1SCC(=O)Nc1cccc(C(=O)NC2CCCc3c2cnn3C)c1. The highest BCUT2D eigenvalue weighted by Gasteiger charge is 2.25. The lowest BCUT2D eigenvalue weighted by molar-refractivity contribution is -0.113. The van der Waals surface area contributed by atoms with Crippen molar-refractivity contribution in [2.45, 2.75) is 30.5 Å². The summed E-state index contributed by atoms with van der Waals surface area (Å²) in [6, 6.07) is 6.91. The highest BCUT2D eigenvalue weighted by atomic mass is 32.2. The van der Waals surface area contributed by atoms with Gasteiger partial charge in [0.1, 0.15) is 6.33 Å². The third-order valence-electron chi connectivity index (χ3n) is 5.09. The van der Waals surface area contributed by atoms with E-state index in [9.17, 15) is 9.59 Å². The van der Waals surface area contributed by atoms with E-state index in [-0.39, 0.29) is 23.6 Å². The molecule has 0 spiro atoms. The minimum absolute atomic E-state index is 0.0454. The van der Waals surface area contributed by atoms with E-state index in [2.05, 4.69) is 25.9 Å². The molecule has 156 valence electrons. The van der Waals surface area contributed by atoms with Crippen LogP contribution in [0.15, 0.2) is 41.9 Å². The zero-order chi connectivity index (χ0) is 21.1. The number of aromatic nitrogens is 5. The van der Waals surface area contributed by atoms with Gasteiger partial charge in [-0.25, -0.2) is 0 Å². The summed E-state index contributed by atoms with van der Waals surface area (Å²) in [5.41, 5.74) is 3.34. The molecule has 2 heterocycles. The molecule has 2 N–H and O–H groups in total. The van der Waals surface area contributed by atoms with Gasteiger partial charge in [0.05, 0.1) is 18.0 Å². The zero-order valence-electron chi connectivity index (χ0n) is 16.8. The van der Waals surface area contributed by atoms with Crippen molar-refractivity contribution >= 4 is 29.3 Å². The van der Waals surface area contributed by atoms with Crippen LogP contribution in [0.25, 0.3) is 0 Å². The Labute approximate surface area is 178 Å². The smallest absolute Gasteiger partial charge is 0.251 e. The fourth-order valence-corrected chi connectivity index (χ4v) is 4.25. The summed E-state index contributed by atoms with van der Waals surface area (Å²) in [4.78, 5) is 25.1. The van der Waals surface area contributed by atoms with Crippen molar-refractivity contribution < 1.29 is 9.59 Å². The van der Waals surface area contributed by atoms with Crippen LogP contribution in [0.5, 0.6) is 0 Å². The molecule has 0 saturated carbocycles. The first kappa shape index (κ1) is 20.1. The average molecular weight is 426 g/mol. The van der Waals surface area contributed by atoms with E-state index in [0.717, 1.165) is 24.8 Å². The predicted molar refractivity (Wildman–Crippen MR) is 113 cm³/mol. The topological polar surface area (TPSA) is 107 Å². The van der Waals surface area contributed by atoms with E-state index in [0.29, 0.717) is 16.4 Å². The summed E-state index contributed by atoms with van der Waals surface area (Å²) >= 11 is 1.30. The first-order valence-electron chi connectivity index (χ1n) is 9.69. The fraction of sp³-hybridized carbons (Fsp3) is 0.350. The van der Waals surface area contributed by atoms with Gasteiger partial charge in [0.25, 0.3) is 5.91 Å². The van der Waals surface area contributed by atoms with Crippen LogP contribution in [0, 0.1) is 0 Å². The molecule has 4 rings (SSSR count). The monoisotopic (exact) mass is 425 g/mol. The summed E-state index contributed by atoms with van der Waals surface area (Å²) in [5, 5.41) is 18.7. The first-order valence-corrected chi connectivity index (χ1v) is 10.7. The number of benzene rings is 1. The molecule has 1 atom stereocenters. The number of nitrogens with zero attached hydrogens (tertiary/aromatic N) is 5. The maximum Gasteiger partial charge on any atom is 0.251 e. The van der Waals surface area contributed by atoms with E-state index in [1.54, 1.807) is 35.2 Å². The maximum absolute atomic E-state index is 12.8. The average Bonchev–Trinajstić information content (AvgIpc) is 3.33. The molecular formula is C20H23N7O2S. The molecule has 3 aromatic rings. The molecule has 30 heavy (non-hydrogen) atoms. The standard InChI is InChI=1S/C20H23N7O2S/c1-26-12-21-25-20(26)30-11-18(28)23-14-6-3-5-13(9-14)19(29)24-16-7-4-8-17-15(16)10-22-27(17)2/h3,5-6,9-10,12,16H,4,7-8,11H2,1-2H3,(H,23,28)(H,24,29). The van der Waals surface area contributed by atoms with Crippen LogP contribution < -0.4 is 10.6 Å². The van der Waals surface area contributed by atoms with Gasteiger partial charge in [0.2, 0.25) is 5.91 Å². The molecule has 0 saturated heterocycles. The van der Waals surface area contributed by atoms with E-state index in [1.165, 1.54) is 17.5 Å². The Morgan fingerprint density at radius 3 is 2.97 bits per heavy atom. The summed E-state index contributed by atoms with van der Waals surface area (Å²) in [6.45, 7) is 0. The Hall–Kier alpha value is -3.14. The highest BCUT2D eigenvalue weighted by molar-refractivity contribution is 7.99. The third kappa shape index (κ3) is 4.38. The van der Waals surface area contributed by atoms with Gasteiger partial charge in [-0.05, 0) is 37.5 Å². The number of nitrogens with one attached hydrogen (secondary N) is 2. The number of carbonyl (C=O) groups excluding carboxylic acids is 2. The molecular weight excluding hydrogens is 402 g/mol. The van der Waals surface area contributed by atoms with E-state index in [4.69, 9.17) is 0 Å². The lowest BCUT2D eigenvalue weighted by atomic mass is 9.92. The van der Waals surface area contributed by atoms with Crippen LogP contribution in [0.4, 0.5) is 5.69 Å². The maximum atomic E-state index is 12.8. The van der Waals surface area contributed by atoms with Crippen molar-refractivity contribution in [1.29, 1.82) is 0 Å². The van der Waals surface area contributed by atoms with Crippen LogP contribution in [-0.2, 0) is 25.3 Å².